The van der Waals surface area contributed by atoms with Crippen LogP contribution in [0.25, 0.3) is 0 Å². The smallest absolute Gasteiger partial charge is 0.373 e. The maximum atomic E-state index is 11.4. The normalized spacial score (nSPS) is 18.1. The Labute approximate surface area is 54.9 Å². The van der Waals surface area contributed by atoms with E-state index in [2.05, 4.69) is 15.0 Å². The van der Waals surface area contributed by atoms with Crippen LogP contribution in [0.3, 0.4) is 0 Å². The van der Waals surface area contributed by atoms with Gasteiger partial charge in [0.25, 0.3) is 6.02 Å². The van der Waals surface area contributed by atoms with E-state index >= 15 is 0 Å². The van der Waals surface area contributed by atoms with Crippen LogP contribution in [0, 0.1) is 6.54 Å². The number of halogens is 3. The second-order valence-corrected chi connectivity index (χ2v) is 1.55. The van der Waals surface area contributed by atoms with Gasteiger partial charge in [-0.2, -0.15) is 0 Å². The van der Waals surface area contributed by atoms with Gasteiger partial charge in [-0.1, -0.05) is 0 Å². The van der Waals surface area contributed by atoms with E-state index in [-0.39, 0.29) is 6.54 Å². The van der Waals surface area contributed by atoms with Gasteiger partial charge >= 0.3 is 6.36 Å². The van der Waals surface area contributed by atoms with E-state index in [1.54, 1.807) is 0 Å². The van der Waals surface area contributed by atoms with Crippen LogP contribution in [-0.4, -0.2) is 18.9 Å². The molecule has 0 bridgehead atoms. The number of amidine groups is 1. The Hall–Kier alpha value is -0.940. The average Bonchev–Trinajstić information content (AvgIpc) is 2.12. The largest absolute Gasteiger partial charge is 0.575 e. The summed E-state index contributed by atoms with van der Waals surface area (Å²) in [6, 6.07) is -0.493. The van der Waals surface area contributed by atoms with E-state index in [4.69, 9.17) is 0 Å². The lowest BCUT2D eigenvalue weighted by molar-refractivity contribution is -0.284. The quantitative estimate of drug-likeness (QED) is 0.554. The Morgan fingerprint density at radius 1 is 1.60 bits per heavy atom. The molecule has 57 valence electrons. The molecular formula is C4H4F3N2O. The molecule has 0 amide bonds. The van der Waals surface area contributed by atoms with E-state index < -0.39 is 12.4 Å². The second-order valence-electron chi connectivity index (χ2n) is 1.55. The summed E-state index contributed by atoms with van der Waals surface area (Å²) in [5, 5.41) is 2.27. The molecule has 0 spiro atoms. The molecule has 1 radical (unpaired) electrons. The summed E-state index contributed by atoms with van der Waals surface area (Å²) in [6.45, 7) is 1.58. The molecule has 0 aromatic heterocycles. The molecular weight excluding hydrogens is 149 g/mol. The summed E-state index contributed by atoms with van der Waals surface area (Å²) < 4.78 is 37.5. The lowest BCUT2D eigenvalue weighted by atomic mass is 10.7. The van der Waals surface area contributed by atoms with E-state index in [0.717, 1.165) is 0 Å². The van der Waals surface area contributed by atoms with Gasteiger partial charge in [0.2, 0.25) is 0 Å². The molecule has 6 heteroatoms. The molecule has 0 aromatic rings. The Morgan fingerprint density at radius 2 is 2.30 bits per heavy atom. The lowest BCUT2D eigenvalue weighted by Crippen LogP contribution is -2.28. The summed E-state index contributed by atoms with van der Waals surface area (Å²) >= 11 is 0. The first kappa shape index (κ1) is 7.17. The fourth-order valence-corrected chi connectivity index (χ4v) is 0.479. The van der Waals surface area contributed by atoms with Crippen molar-refractivity contribution >= 4 is 6.02 Å². The van der Waals surface area contributed by atoms with Crippen molar-refractivity contribution in [3.05, 3.63) is 6.54 Å². The molecule has 0 aliphatic carbocycles. The fourth-order valence-electron chi connectivity index (χ4n) is 0.479. The van der Waals surface area contributed by atoms with E-state index in [1.807, 2.05) is 0 Å². The number of hydrogen-bond acceptors (Lipinski definition) is 3. The van der Waals surface area contributed by atoms with Crippen molar-refractivity contribution in [2.75, 3.05) is 6.54 Å². The minimum Gasteiger partial charge on any atom is -0.373 e. The van der Waals surface area contributed by atoms with E-state index in [0.29, 0.717) is 0 Å². The SMILES string of the molecule is FC(F)(F)OC1=N[CH]CN1. The molecule has 0 unspecified atom stereocenters. The Kier molecular flexibility index (Phi) is 1.69. The van der Waals surface area contributed by atoms with Crippen LogP contribution in [-0.2, 0) is 4.74 Å². The first-order valence-corrected chi connectivity index (χ1v) is 2.47. The van der Waals surface area contributed by atoms with Crippen molar-refractivity contribution in [1.29, 1.82) is 0 Å². The monoisotopic (exact) mass is 153 g/mol. The highest BCUT2D eigenvalue weighted by Gasteiger charge is 2.33. The summed E-state index contributed by atoms with van der Waals surface area (Å²) in [5.74, 6) is 0. The zero-order valence-electron chi connectivity index (χ0n) is 4.77. The standard InChI is InChI=1S/C4H4F3N2O/c5-4(6,7)10-3-8-1-2-9-3/h1H,2H2,(H,8,9). The van der Waals surface area contributed by atoms with Crippen molar-refractivity contribution in [2.24, 2.45) is 4.99 Å². The highest BCUT2D eigenvalue weighted by atomic mass is 19.4. The van der Waals surface area contributed by atoms with Crippen LogP contribution in [0.4, 0.5) is 13.2 Å². The molecule has 1 N–H and O–H groups in total. The van der Waals surface area contributed by atoms with Gasteiger partial charge in [-0.25, -0.2) is 4.99 Å². The second kappa shape index (κ2) is 2.36. The van der Waals surface area contributed by atoms with Crippen molar-refractivity contribution in [1.82, 2.24) is 5.32 Å². The molecule has 0 aromatic carbocycles. The molecule has 10 heavy (non-hydrogen) atoms. The molecule has 0 saturated heterocycles. The Bertz CT molecular complexity index is 153. The number of rotatable bonds is 0. The zero-order valence-corrected chi connectivity index (χ0v) is 4.77. The summed E-state index contributed by atoms with van der Waals surface area (Å²) in [7, 11) is 0. The average molecular weight is 153 g/mol. The third-order valence-electron chi connectivity index (χ3n) is 0.766. The maximum Gasteiger partial charge on any atom is 0.575 e. The Balaban J connectivity index is 2.38. The molecule has 1 aliphatic heterocycles. The molecule has 0 atom stereocenters. The molecule has 1 aliphatic rings. The van der Waals surface area contributed by atoms with Crippen LogP contribution in [0.1, 0.15) is 0 Å². The third kappa shape index (κ3) is 2.12. The number of ether oxygens (including phenoxy) is 1. The third-order valence-corrected chi connectivity index (χ3v) is 0.766. The molecule has 0 fully saturated rings. The van der Waals surface area contributed by atoms with Gasteiger partial charge in [0.1, 0.15) is 0 Å². The van der Waals surface area contributed by atoms with Crippen molar-refractivity contribution in [2.45, 2.75) is 6.36 Å². The highest BCUT2D eigenvalue weighted by Crippen LogP contribution is 2.16. The van der Waals surface area contributed by atoms with Crippen LogP contribution in [0.5, 0.6) is 0 Å². The highest BCUT2D eigenvalue weighted by molar-refractivity contribution is 5.76. The van der Waals surface area contributed by atoms with E-state index in [1.165, 1.54) is 6.54 Å². The van der Waals surface area contributed by atoms with Gasteiger partial charge in [-0.15, -0.1) is 13.2 Å². The number of aliphatic imine (C=N–C) groups is 1. The van der Waals surface area contributed by atoms with Gasteiger partial charge in [-0.05, 0) is 0 Å². The number of alkyl halides is 3. The van der Waals surface area contributed by atoms with Gasteiger partial charge < -0.3 is 10.1 Å². The van der Waals surface area contributed by atoms with Gasteiger partial charge in [0.05, 0.1) is 6.54 Å². The number of nitrogens with zero attached hydrogens (tertiary/aromatic N) is 1. The number of nitrogens with one attached hydrogen (secondary N) is 1. The molecule has 1 rings (SSSR count). The minimum absolute atomic E-state index is 0.283. The first-order chi connectivity index (χ1) is 4.58. The fraction of sp³-hybridized carbons (Fsp3) is 0.500. The van der Waals surface area contributed by atoms with Crippen LogP contribution in [0.2, 0.25) is 0 Å². The summed E-state index contributed by atoms with van der Waals surface area (Å²) in [5.41, 5.74) is 0. The van der Waals surface area contributed by atoms with Crippen molar-refractivity contribution < 1.29 is 17.9 Å². The van der Waals surface area contributed by atoms with Crippen molar-refractivity contribution in [3.63, 3.8) is 0 Å². The van der Waals surface area contributed by atoms with Gasteiger partial charge in [0, 0.05) is 6.54 Å². The topological polar surface area (TPSA) is 33.6 Å². The molecule has 1 heterocycles. The van der Waals surface area contributed by atoms with Gasteiger partial charge in [0.15, 0.2) is 0 Å². The zero-order chi connectivity index (χ0) is 7.61. The summed E-state index contributed by atoms with van der Waals surface area (Å²) in [4.78, 5) is 3.26. The first-order valence-electron chi connectivity index (χ1n) is 2.47. The molecule has 3 nitrogen and oxygen atoms in total. The van der Waals surface area contributed by atoms with E-state index in [9.17, 15) is 13.2 Å². The van der Waals surface area contributed by atoms with Crippen LogP contribution >= 0.6 is 0 Å². The van der Waals surface area contributed by atoms with Crippen molar-refractivity contribution in [3.8, 4) is 0 Å². The Morgan fingerprint density at radius 3 is 2.70 bits per heavy atom. The predicted molar refractivity (Wildman–Crippen MR) is 26.9 cm³/mol. The van der Waals surface area contributed by atoms with Crippen LogP contribution in [0.15, 0.2) is 4.99 Å². The summed E-state index contributed by atoms with van der Waals surface area (Å²) in [6.07, 6.45) is -4.65. The molecule has 0 saturated carbocycles. The lowest BCUT2D eigenvalue weighted by Gasteiger charge is -2.06. The van der Waals surface area contributed by atoms with Gasteiger partial charge in [-0.3, -0.25) is 0 Å². The maximum absolute atomic E-state index is 11.4. The predicted octanol–water partition coefficient (Wildman–Crippen LogP) is 0.644. The minimum atomic E-state index is -4.65. The number of hydrogen-bond donors (Lipinski definition) is 1. The van der Waals surface area contributed by atoms with Crippen LogP contribution < -0.4 is 5.32 Å².